The number of amides is 2. The summed E-state index contributed by atoms with van der Waals surface area (Å²) in [6.45, 7) is 1.44. The van der Waals surface area contributed by atoms with Crippen LogP contribution in [0.15, 0.2) is 46.9 Å². The van der Waals surface area contributed by atoms with Gasteiger partial charge in [-0.05, 0) is 55.2 Å². The summed E-state index contributed by atoms with van der Waals surface area (Å²) < 4.78 is 6.33. The second-order valence-corrected chi connectivity index (χ2v) is 6.89. The van der Waals surface area contributed by atoms with Gasteiger partial charge >= 0.3 is 0 Å². The number of benzene rings is 2. The molecule has 0 saturated heterocycles. The quantitative estimate of drug-likeness (QED) is 0.606. The number of rotatable bonds is 8. The fraction of sp³-hybridized carbons (Fsp3) is 0.300. The molecule has 2 rings (SSSR count). The largest absolute Gasteiger partial charge is 0.495 e. The summed E-state index contributed by atoms with van der Waals surface area (Å²) in [7, 11) is 1.54. The number of unbranched alkanes of at least 4 members (excludes halogenated alkanes) is 1. The van der Waals surface area contributed by atoms with Crippen LogP contribution in [0.5, 0.6) is 5.75 Å². The van der Waals surface area contributed by atoms with E-state index in [1.807, 2.05) is 12.1 Å². The van der Waals surface area contributed by atoms with E-state index >= 15 is 0 Å². The van der Waals surface area contributed by atoms with Gasteiger partial charge < -0.3 is 15.4 Å². The van der Waals surface area contributed by atoms with Crippen molar-refractivity contribution in [2.24, 2.45) is 0 Å². The molecule has 0 radical (unpaired) electrons. The van der Waals surface area contributed by atoms with Gasteiger partial charge in [-0.1, -0.05) is 28.1 Å². The van der Waals surface area contributed by atoms with Crippen molar-refractivity contribution in [2.75, 3.05) is 17.7 Å². The molecule has 6 heteroatoms. The lowest BCUT2D eigenvalue weighted by Crippen LogP contribution is -2.13. The van der Waals surface area contributed by atoms with E-state index < -0.39 is 0 Å². The fourth-order valence-corrected chi connectivity index (χ4v) is 2.83. The van der Waals surface area contributed by atoms with Crippen LogP contribution in [0, 0.1) is 0 Å². The van der Waals surface area contributed by atoms with E-state index in [0.29, 0.717) is 23.5 Å². The molecule has 2 aromatic carbocycles. The minimum atomic E-state index is -0.166. The van der Waals surface area contributed by atoms with Crippen molar-refractivity contribution in [3.05, 3.63) is 52.5 Å². The van der Waals surface area contributed by atoms with E-state index in [4.69, 9.17) is 4.74 Å². The van der Waals surface area contributed by atoms with Crippen LogP contribution >= 0.6 is 15.9 Å². The predicted molar refractivity (Wildman–Crippen MR) is 108 cm³/mol. The van der Waals surface area contributed by atoms with Crippen molar-refractivity contribution in [3.8, 4) is 5.75 Å². The normalized spacial score (nSPS) is 10.3. The average molecular weight is 419 g/mol. The second-order valence-electron chi connectivity index (χ2n) is 5.98. The summed E-state index contributed by atoms with van der Waals surface area (Å²) in [5.74, 6) is 0.321. The van der Waals surface area contributed by atoms with Gasteiger partial charge in [0.25, 0.3) is 0 Å². The number of carbonyl (C=O) groups excluding carboxylic acids is 2. The van der Waals surface area contributed by atoms with Crippen molar-refractivity contribution in [3.63, 3.8) is 0 Å². The van der Waals surface area contributed by atoms with Crippen LogP contribution in [0.4, 0.5) is 11.4 Å². The number of carbonyl (C=O) groups is 2. The molecule has 0 heterocycles. The summed E-state index contributed by atoms with van der Waals surface area (Å²) in [6.07, 6.45) is 3.12. The molecule has 2 N–H and O–H groups in total. The van der Waals surface area contributed by atoms with Crippen molar-refractivity contribution in [2.45, 2.75) is 32.6 Å². The van der Waals surface area contributed by atoms with Crippen molar-refractivity contribution in [1.29, 1.82) is 0 Å². The van der Waals surface area contributed by atoms with E-state index in [0.717, 1.165) is 23.7 Å². The third-order valence-corrected chi connectivity index (χ3v) is 4.36. The maximum atomic E-state index is 12.2. The number of aryl methyl sites for hydroxylation is 1. The molecule has 0 bridgehead atoms. The molecule has 0 unspecified atom stereocenters. The Kier molecular flexibility index (Phi) is 7.66. The van der Waals surface area contributed by atoms with Gasteiger partial charge in [0, 0.05) is 23.5 Å². The van der Waals surface area contributed by atoms with Crippen LogP contribution in [-0.2, 0) is 16.0 Å². The zero-order valence-electron chi connectivity index (χ0n) is 15.0. The molecule has 0 atom stereocenters. The van der Waals surface area contributed by atoms with Crippen molar-refractivity contribution < 1.29 is 14.3 Å². The summed E-state index contributed by atoms with van der Waals surface area (Å²) >= 11 is 3.42. The fourth-order valence-electron chi connectivity index (χ4n) is 2.57. The maximum absolute atomic E-state index is 12.2. The third-order valence-electron chi connectivity index (χ3n) is 3.83. The molecule has 138 valence electrons. The highest BCUT2D eigenvalue weighted by molar-refractivity contribution is 9.10. The zero-order chi connectivity index (χ0) is 18.9. The average Bonchev–Trinajstić information content (AvgIpc) is 2.60. The van der Waals surface area contributed by atoms with Gasteiger partial charge in [-0.25, -0.2) is 0 Å². The SMILES string of the molecule is COc1ccc(NC(C)=O)cc1NC(=O)CCCCc1ccc(Br)cc1. The predicted octanol–water partition coefficient (Wildman–Crippen LogP) is 4.77. The van der Waals surface area contributed by atoms with Crippen LogP contribution < -0.4 is 15.4 Å². The first kappa shape index (κ1) is 20.0. The number of anilines is 2. The molecule has 0 spiro atoms. The van der Waals surface area contributed by atoms with E-state index in [1.54, 1.807) is 25.3 Å². The number of hydrogen-bond donors (Lipinski definition) is 2. The Bertz CT molecular complexity index is 760. The highest BCUT2D eigenvalue weighted by atomic mass is 79.9. The first-order valence-electron chi connectivity index (χ1n) is 8.48. The lowest BCUT2D eigenvalue weighted by Gasteiger charge is -2.12. The van der Waals surface area contributed by atoms with Crippen LogP contribution in [-0.4, -0.2) is 18.9 Å². The Labute approximate surface area is 162 Å². The standard InChI is InChI=1S/C20H23BrN2O3/c1-14(24)22-17-11-12-19(26-2)18(13-17)23-20(25)6-4-3-5-15-7-9-16(21)10-8-15/h7-13H,3-6H2,1-2H3,(H,22,24)(H,23,25). The van der Waals surface area contributed by atoms with Crippen LogP contribution in [0.25, 0.3) is 0 Å². The number of ether oxygens (including phenoxy) is 1. The first-order chi connectivity index (χ1) is 12.5. The van der Waals surface area contributed by atoms with Gasteiger partial charge in [-0.15, -0.1) is 0 Å². The molecular formula is C20H23BrN2O3. The minimum absolute atomic E-state index is 0.0703. The molecule has 2 amide bonds. The highest BCUT2D eigenvalue weighted by Gasteiger charge is 2.09. The van der Waals surface area contributed by atoms with E-state index in [-0.39, 0.29) is 11.8 Å². The molecule has 0 aliphatic rings. The van der Waals surface area contributed by atoms with Crippen LogP contribution in [0.2, 0.25) is 0 Å². The molecule has 0 aliphatic heterocycles. The van der Waals surface area contributed by atoms with Crippen molar-refractivity contribution in [1.82, 2.24) is 0 Å². The Morgan fingerprint density at radius 1 is 1.04 bits per heavy atom. The van der Waals surface area contributed by atoms with Gasteiger partial charge in [0.1, 0.15) is 5.75 Å². The second kappa shape index (κ2) is 9.97. The van der Waals surface area contributed by atoms with E-state index in [1.165, 1.54) is 12.5 Å². The molecule has 0 fully saturated rings. The molecular weight excluding hydrogens is 396 g/mol. The number of halogens is 1. The lowest BCUT2D eigenvalue weighted by molar-refractivity contribution is -0.116. The van der Waals surface area contributed by atoms with Gasteiger partial charge in [-0.3, -0.25) is 9.59 Å². The van der Waals surface area contributed by atoms with E-state index in [2.05, 4.69) is 38.7 Å². The summed E-state index contributed by atoms with van der Waals surface area (Å²) in [4.78, 5) is 23.4. The number of hydrogen-bond acceptors (Lipinski definition) is 3. The maximum Gasteiger partial charge on any atom is 0.224 e. The van der Waals surface area contributed by atoms with Crippen LogP contribution in [0.3, 0.4) is 0 Å². The Balaban J connectivity index is 1.84. The molecule has 0 aliphatic carbocycles. The molecule has 2 aromatic rings. The first-order valence-corrected chi connectivity index (χ1v) is 9.27. The Hall–Kier alpha value is -2.34. The van der Waals surface area contributed by atoms with Gasteiger partial charge in [0.2, 0.25) is 11.8 Å². The molecule has 5 nitrogen and oxygen atoms in total. The topological polar surface area (TPSA) is 67.4 Å². The minimum Gasteiger partial charge on any atom is -0.495 e. The molecule has 0 aromatic heterocycles. The molecule has 0 saturated carbocycles. The highest BCUT2D eigenvalue weighted by Crippen LogP contribution is 2.28. The zero-order valence-corrected chi connectivity index (χ0v) is 16.6. The molecule has 26 heavy (non-hydrogen) atoms. The van der Waals surface area contributed by atoms with Crippen molar-refractivity contribution >= 4 is 39.1 Å². The van der Waals surface area contributed by atoms with Gasteiger partial charge in [0.15, 0.2) is 0 Å². The summed E-state index contributed by atoms with van der Waals surface area (Å²) in [5, 5.41) is 5.55. The Morgan fingerprint density at radius 2 is 1.77 bits per heavy atom. The number of methoxy groups -OCH3 is 1. The van der Waals surface area contributed by atoms with E-state index in [9.17, 15) is 9.59 Å². The smallest absolute Gasteiger partial charge is 0.224 e. The van der Waals surface area contributed by atoms with Gasteiger partial charge in [0.05, 0.1) is 12.8 Å². The lowest BCUT2D eigenvalue weighted by atomic mass is 10.1. The monoisotopic (exact) mass is 418 g/mol. The van der Waals surface area contributed by atoms with Gasteiger partial charge in [-0.2, -0.15) is 0 Å². The third kappa shape index (κ3) is 6.52. The number of nitrogens with one attached hydrogen (secondary N) is 2. The summed E-state index contributed by atoms with van der Waals surface area (Å²) in [6, 6.07) is 13.4. The van der Waals surface area contributed by atoms with Crippen LogP contribution in [0.1, 0.15) is 31.7 Å². The Morgan fingerprint density at radius 3 is 2.42 bits per heavy atom. The summed E-state index contributed by atoms with van der Waals surface area (Å²) in [5.41, 5.74) is 2.43.